The Balaban J connectivity index is 1.35. The summed E-state index contributed by atoms with van der Waals surface area (Å²) in [5.41, 5.74) is 1.97. The van der Waals surface area contributed by atoms with Gasteiger partial charge in [0.15, 0.2) is 0 Å². The van der Waals surface area contributed by atoms with E-state index >= 15 is 0 Å². The van der Waals surface area contributed by atoms with E-state index in [0.717, 1.165) is 48.9 Å². The van der Waals surface area contributed by atoms with Crippen LogP contribution >= 0.6 is 0 Å². The summed E-state index contributed by atoms with van der Waals surface area (Å²) in [6.07, 6.45) is -1.28. The van der Waals surface area contributed by atoms with Gasteiger partial charge in [-0.3, -0.25) is 4.79 Å². The third kappa shape index (κ3) is 4.69. The quantitative estimate of drug-likeness (QED) is 0.694. The van der Waals surface area contributed by atoms with Crippen molar-refractivity contribution >= 4 is 5.91 Å². The molecule has 172 valence electrons. The number of benzene rings is 2. The lowest BCUT2D eigenvalue weighted by Crippen LogP contribution is -2.46. The summed E-state index contributed by atoms with van der Waals surface area (Å²) in [7, 11) is 0. The van der Waals surface area contributed by atoms with E-state index in [1.165, 1.54) is 0 Å². The minimum Gasteiger partial charge on any atom is -0.396 e. The number of piperidine rings is 1. The highest BCUT2D eigenvalue weighted by Crippen LogP contribution is 2.37. The van der Waals surface area contributed by atoms with Crippen molar-refractivity contribution in [2.45, 2.75) is 43.2 Å². The number of carbonyl (C=O) groups is 1. The largest absolute Gasteiger partial charge is 0.416 e. The van der Waals surface area contributed by atoms with Crippen molar-refractivity contribution in [3.63, 3.8) is 0 Å². The number of halogens is 3. The first kappa shape index (κ1) is 22.8. The first-order chi connectivity index (χ1) is 15.3. The minimum atomic E-state index is -4.33. The second-order valence-electron chi connectivity index (χ2n) is 8.86. The molecule has 0 radical (unpaired) electrons. The third-order valence-corrected chi connectivity index (χ3v) is 6.81. The molecule has 2 aliphatic heterocycles. The molecule has 2 aromatic rings. The zero-order valence-corrected chi connectivity index (χ0v) is 17.9. The number of aliphatic hydroxyl groups is 1. The van der Waals surface area contributed by atoms with Crippen LogP contribution in [0.5, 0.6) is 0 Å². The van der Waals surface area contributed by atoms with Gasteiger partial charge in [0, 0.05) is 30.7 Å². The molecule has 0 aromatic heterocycles. The number of alkyl halides is 3. The summed E-state index contributed by atoms with van der Waals surface area (Å²) < 4.78 is 43.7. The molecule has 2 saturated heterocycles. The molecule has 32 heavy (non-hydrogen) atoms. The van der Waals surface area contributed by atoms with E-state index in [-0.39, 0.29) is 23.8 Å². The molecule has 2 aromatic carbocycles. The van der Waals surface area contributed by atoms with Gasteiger partial charge in [-0.25, -0.2) is 0 Å². The third-order valence-electron chi connectivity index (χ3n) is 6.81. The molecule has 0 saturated carbocycles. The number of aliphatic hydroxyl groups excluding tert-OH is 1. The predicted octanol–water partition coefficient (Wildman–Crippen LogP) is 4.77. The first-order valence-corrected chi connectivity index (χ1v) is 11.1. The SMILES string of the molecule is O=C(c1ccc(C2(CCCO)COC2)cc1)N1CCC(c2ccc(C(F)(F)F)cc2)CC1. The Morgan fingerprint density at radius 3 is 2.16 bits per heavy atom. The molecule has 0 aliphatic carbocycles. The van der Waals surface area contributed by atoms with Crippen molar-refractivity contribution in [2.75, 3.05) is 32.9 Å². The molecule has 0 bridgehead atoms. The number of hydrogen-bond donors (Lipinski definition) is 1. The lowest BCUT2D eigenvalue weighted by atomic mass is 9.75. The van der Waals surface area contributed by atoms with Gasteiger partial charge in [0.05, 0.1) is 18.8 Å². The number of hydrogen-bond acceptors (Lipinski definition) is 3. The van der Waals surface area contributed by atoms with E-state index in [4.69, 9.17) is 9.84 Å². The molecule has 2 heterocycles. The lowest BCUT2D eigenvalue weighted by Gasteiger charge is -2.42. The fourth-order valence-corrected chi connectivity index (χ4v) is 4.73. The number of likely N-dealkylation sites (tertiary alicyclic amines) is 1. The van der Waals surface area contributed by atoms with Gasteiger partial charge < -0.3 is 14.7 Å². The minimum absolute atomic E-state index is 0.0170. The molecular formula is C25H28F3NO3. The van der Waals surface area contributed by atoms with Crippen LogP contribution in [0.3, 0.4) is 0 Å². The van der Waals surface area contributed by atoms with Gasteiger partial charge in [0.2, 0.25) is 0 Å². The van der Waals surface area contributed by atoms with Crippen molar-refractivity contribution in [3.8, 4) is 0 Å². The molecular weight excluding hydrogens is 419 g/mol. The Kier molecular flexibility index (Phi) is 6.58. The average molecular weight is 447 g/mol. The molecule has 7 heteroatoms. The fraction of sp³-hybridized carbons (Fsp3) is 0.480. The van der Waals surface area contributed by atoms with Crippen LogP contribution in [0, 0.1) is 0 Å². The number of carbonyl (C=O) groups excluding carboxylic acids is 1. The Labute approximate surface area is 186 Å². The summed E-state index contributed by atoms with van der Waals surface area (Å²) in [4.78, 5) is 14.8. The maximum Gasteiger partial charge on any atom is 0.416 e. The summed E-state index contributed by atoms with van der Waals surface area (Å²) in [5.74, 6) is 0.144. The van der Waals surface area contributed by atoms with Crippen LogP contribution in [0.2, 0.25) is 0 Å². The molecule has 1 amide bonds. The van der Waals surface area contributed by atoms with Crippen LogP contribution in [-0.4, -0.2) is 48.8 Å². The van der Waals surface area contributed by atoms with Crippen LogP contribution in [-0.2, 0) is 16.3 Å². The highest BCUT2D eigenvalue weighted by Gasteiger charge is 2.39. The maximum atomic E-state index is 13.0. The molecule has 0 atom stereocenters. The number of ether oxygens (including phenoxy) is 1. The van der Waals surface area contributed by atoms with Crippen molar-refractivity contribution in [3.05, 3.63) is 70.8 Å². The Morgan fingerprint density at radius 1 is 1.03 bits per heavy atom. The Morgan fingerprint density at radius 2 is 1.66 bits per heavy atom. The van der Waals surface area contributed by atoms with E-state index in [1.807, 2.05) is 29.2 Å². The Bertz CT molecular complexity index is 913. The maximum absolute atomic E-state index is 13.0. The molecule has 0 spiro atoms. The number of rotatable bonds is 6. The average Bonchev–Trinajstić information content (AvgIpc) is 2.78. The van der Waals surface area contributed by atoms with Gasteiger partial charge in [-0.15, -0.1) is 0 Å². The standard InChI is InChI=1S/C25H28F3NO3/c26-25(27,28)22-8-2-18(3-9-22)19-10-13-29(14-11-19)23(31)20-4-6-21(7-5-20)24(12-1-15-30)16-32-17-24/h2-9,19,30H,1,10-17H2. The highest BCUT2D eigenvalue weighted by molar-refractivity contribution is 5.94. The van der Waals surface area contributed by atoms with E-state index < -0.39 is 11.7 Å². The number of amides is 1. The topological polar surface area (TPSA) is 49.8 Å². The van der Waals surface area contributed by atoms with Crippen LogP contribution in [0.4, 0.5) is 13.2 Å². The van der Waals surface area contributed by atoms with Crippen molar-refractivity contribution < 1.29 is 27.8 Å². The normalized spacial score (nSPS) is 18.9. The van der Waals surface area contributed by atoms with Gasteiger partial charge >= 0.3 is 6.18 Å². The van der Waals surface area contributed by atoms with Gasteiger partial charge in [0.1, 0.15) is 0 Å². The van der Waals surface area contributed by atoms with Crippen molar-refractivity contribution in [2.24, 2.45) is 0 Å². The second kappa shape index (κ2) is 9.24. The first-order valence-electron chi connectivity index (χ1n) is 11.1. The van der Waals surface area contributed by atoms with Crippen LogP contribution in [0.1, 0.15) is 58.6 Å². The summed E-state index contributed by atoms with van der Waals surface area (Å²) >= 11 is 0. The lowest BCUT2D eigenvalue weighted by molar-refractivity contribution is -0.137. The highest BCUT2D eigenvalue weighted by atomic mass is 19.4. The zero-order valence-electron chi connectivity index (χ0n) is 17.9. The van der Waals surface area contributed by atoms with Crippen LogP contribution < -0.4 is 0 Å². The molecule has 4 rings (SSSR count). The molecule has 2 aliphatic rings. The summed E-state index contributed by atoms with van der Waals surface area (Å²) in [6.45, 7) is 2.59. The fourth-order valence-electron chi connectivity index (χ4n) is 4.73. The predicted molar refractivity (Wildman–Crippen MR) is 115 cm³/mol. The molecule has 4 nitrogen and oxygen atoms in total. The zero-order chi connectivity index (χ0) is 22.8. The van der Waals surface area contributed by atoms with E-state index in [0.29, 0.717) is 31.9 Å². The molecule has 2 fully saturated rings. The van der Waals surface area contributed by atoms with Crippen LogP contribution in [0.15, 0.2) is 48.5 Å². The molecule has 0 unspecified atom stereocenters. The van der Waals surface area contributed by atoms with E-state index in [1.54, 1.807) is 12.1 Å². The van der Waals surface area contributed by atoms with Gasteiger partial charge in [-0.2, -0.15) is 13.2 Å². The van der Waals surface area contributed by atoms with Crippen LogP contribution in [0.25, 0.3) is 0 Å². The molecule has 1 N–H and O–H groups in total. The van der Waals surface area contributed by atoms with E-state index in [9.17, 15) is 18.0 Å². The Hall–Kier alpha value is -2.38. The van der Waals surface area contributed by atoms with Crippen molar-refractivity contribution in [1.82, 2.24) is 4.90 Å². The van der Waals surface area contributed by atoms with Gasteiger partial charge in [0.25, 0.3) is 5.91 Å². The van der Waals surface area contributed by atoms with Gasteiger partial charge in [-0.05, 0) is 67.0 Å². The van der Waals surface area contributed by atoms with Gasteiger partial charge in [-0.1, -0.05) is 24.3 Å². The van der Waals surface area contributed by atoms with E-state index in [2.05, 4.69) is 0 Å². The summed E-state index contributed by atoms with van der Waals surface area (Å²) in [6, 6.07) is 13.1. The monoisotopic (exact) mass is 447 g/mol. The second-order valence-corrected chi connectivity index (χ2v) is 8.86. The smallest absolute Gasteiger partial charge is 0.396 e. The van der Waals surface area contributed by atoms with Crippen molar-refractivity contribution in [1.29, 1.82) is 0 Å². The number of nitrogens with zero attached hydrogens (tertiary/aromatic N) is 1. The summed E-state index contributed by atoms with van der Waals surface area (Å²) in [5, 5.41) is 9.16.